The summed E-state index contributed by atoms with van der Waals surface area (Å²) in [7, 11) is -3.76. The smallest absolute Gasteiger partial charge is 0.251 e. The molecule has 0 radical (unpaired) electrons. The Morgan fingerprint density at radius 3 is 2.27 bits per heavy atom. The van der Waals surface area contributed by atoms with Gasteiger partial charge in [0, 0.05) is 48.8 Å². The van der Waals surface area contributed by atoms with E-state index in [4.69, 9.17) is 0 Å². The van der Waals surface area contributed by atoms with Crippen LogP contribution in [0.3, 0.4) is 0 Å². The van der Waals surface area contributed by atoms with Crippen molar-refractivity contribution >= 4 is 15.8 Å². The standard InChI is InChI=1S/C24H28FN3O4S/c1-5-27(6-2)33(31,32)21-11-12-24(30)26(15-21)16-23(29)22-13-17(3)28(18(22)4)14-19-7-9-20(25)10-8-19/h7-13,15H,5-6,14,16H2,1-4H3. The maximum atomic E-state index is 13.2. The monoisotopic (exact) mass is 473 g/mol. The molecule has 0 bridgehead atoms. The van der Waals surface area contributed by atoms with Crippen molar-refractivity contribution in [2.45, 2.75) is 45.7 Å². The van der Waals surface area contributed by atoms with Gasteiger partial charge in [0.25, 0.3) is 5.56 Å². The molecule has 2 heterocycles. The van der Waals surface area contributed by atoms with Crippen LogP contribution in [0.1, 0.15) is 41.2 Å². The Hall–Kier alpha value is -3.04. The lowest BCUT2D eigenvalue weighted by Gasteiger charge is -2.19. The molecule has 3 aromatic rings. The number of nitrogens with zero attached hydrogens (tertiary/aromatic N) is 3. The number of hydrogen-bond donors (Lipinski definition) is 0. The first-order chi connectivity index (χ1) is 15.6. The molecule has 0 saturated carbocycles. The summed E-state index contributed by atoms with van der Waals surface area (Å²) in [5, 5.41) is 0. The van der Waals surface area contributed by atoms with Crippen molar-refractivity contribution in [3.05, 3.63) is 87.3 Å². The number of rotatable bonds is 9. The van der Waals surface area contributed by atoms with Crippen molar-refractivity contribution in [1.29, 1.82) is 0 Å². The molecule has 0 saturated heterocycles. The minimum absolute atomic E-state index is 0.0274. The molecule has 0 amide bonds. The van der Waals surface area contributed by atoms with Crippen molar-refractivity contribution < 1.29 is 17.6 Å². The van der Waals surface area contributed by atoms with E-state index in [2.05, 4.69) is 0 Å². The molecule has 0 aliphatic heterocycles. The average Bonchev–Trinajstić information content (AvgIpc) is 3.05. The van der Waals surface area contributed by atoms with Crippen LogP contribution in [0.5, 0.6) is 0 Å². The number of benzene rings is 1. The van der Waals surface area contributed by atoms with Crippen molar-refractivity contribution in [3.63, 3.8) is 0 Å². The van der Waals surface area contributed by atoms with Crippen LogP contribution in [-0.2, 0) is 23.1 Å². The number of sulfonamides is 1. The fraction of sp³-hybridized carbons (Fsp3) is 0.333. The number of hydrogen-bond acceptors (Lipinski definition) is 4. The fourth-order valence-corrected chi connectivity index (χ4v) is 5.32. The Morgan fingerprint density at radius 1 is 1.03 bits per heavy atom. The van der Waals surface area contributed by atoms with E-state index >= 15 is 0 Å². The Labute approximate surface area is 193 Å². The summed E-state index contributed by atoms with van der Waals surface area (Å²) in [4.78, 5) is 25.4. The lowest BCUT2D eigenvalue weighted by molar-refractivity contribution is 0.0969. The van der Waals surface area contributed by atoms with Gasteiger partial charge >= 0.3 is 0 Å². The molecule has 0 atom stereocenters. The number of carbonyl (C=O) groups excluding carboxylic acids is 1. The molecule has 0 aliphatic rings. The van der Waals surface area contributed by atoms with Crippen LogP contribution in [0.15, 0.2) is 58.4 Å². The van der Waals surface area contributed by atoms with E-state index in [1.165, 1.54) is 34.8 Å². The number of Topliss-reactive ketones (excluding diaryl/α,β-unsaturated/α-hetero) is 1. The third-order valence-electron chi connectivity index (χ3n) is 5.74. The number of carbonyl (C=O) groups is 1. The molecule has 2 aromatic heterocycles. The second-order valence-electron chi connectivity index (χ2n) is 7.84. The normalized spacial score (nSPS) is 11.8. The van der Waals surface area contributed by atoms with Gasteiger partial charge in [0.1, 0.15) is 5.82 Å². The number of aromatic nitrogens is 2. The van der Waals surface area contributed by atoms with Crippen molar-refractivity contribution in [1.82, 2.24) is 13.4 Å². The highest BCUT2D eigenvalue weighted by molar-refractivity contribution is 7.89. The van der Waals surface area contributed by atoms with Crippen LogP contribution in [0.25, 0.3) is 0 Å². The van der Waals surface area contributed by atoms with E-state index in [-0.39, 0.29) is 23.0 Å². The molecule has 0 spiro atoms. The molecule has 176 valence electrons. The largest absolute Gasteiger partial charge is 0.344 e. The first kappa shape index (κ1) is 24.6. The number of halogens is 1. The van der Waals surface area contributed by atoms with E-state index in [9.17, 15) is 22.4 Å². The summed E-state index contributed by atoms with van der Waals surface area (Å²) in [5.41, 5.74) is 2.47. The second kappa shape index (κ2) is 9.84. The van der Waals surface area contributed by atoms with Crippen LogP contribution >= 0.6 is 0 Å². The van der Waals surface area contributed by atoms with Crippen molar-refractivity contribution in [2.75, 3.05) is 13.1 Å². The van der Waals surface area contributed by atoms with Gasteiger partial charge in [-0.15, -0.1) is 0 Å². The maximum Gasteiger partial charge on any atom is 0.251 e. The highest BCUT2D eigenvalue weighted by atomic mass is 32.2. The van der Waals surface area contributed by atoms with Gasteiger partial charge < -0.3 is 9.13 Å². The van der Waals surface area contributed by atoms with Crippen LogP contribution < -0.4 is 5.56 Å². The molecular formula is C24H28FN3O4S. The zero-order valence-electron chi connectivity index (χ0n) is 19.2. The number of pyridine rings is 1. The molecule has 0 N–H and O–H groups in total. The minimum atomic E-state index is -3.76. The summed E-state index contributed by atoms with van der Waals surface area (Å²) < 4.78 is 43.2. The Bertz CT molecular complexity index is 1320. The van der Waals surface area contributed by atoms with Crippen molar-refractivity contribution in [2.24, 2.45) is 0 Å². The van der Waals surface area contributed by atoms with E-state index in [0.29, 0.717) is 25.2 Å². The first-order valence-electron chi connectivity index (χ1n) is 10.7. The average molecular weight is 474 g/mol. The van der Waals surface area contributed by atoms with Crippen LogP contribution in [0, 0.1) is 19.7 Å². The number of aryl methyl sites for hydroxylation is 1. The predicted octanol–water partition coefficient (Wildman–Crippen LogP) is 3.37. The summed E-state index contributed by atoms with van der Waals surface area (Å²) in [6, 6.07) is 10.4. The summed E-state index contributed by atoms with van der Waals surface area (Å²) in [6.07, 6.45) is 1.23. The quantitative estimate of drug-likeness (QED) is 0.446. The SMILES string of the molecule is CCN(CC)S(=O)(=O)c1ccc(=O)n(CC(=O)c2cc(C)n(Cc3ccc(F)cc3)c2C)c1. The van der Waals surface area contributed by atoms with Gasteiger partial charge in [0.05, 0.1) is 11.4 Å². The van der Waals surface area contributed by atoms with Gasteiger partial charge in [0.2, 0.25) is 10.0 Å². The summed E-state index contributed by atoms with van der Waals surface area (Å²) in [6.45, 7) is 7.97. The Kier molecular flexibility index (Phi) is 7.34. The third-order valence-corrected chi connectivity index (χ3v) is 7.77. The summed E-state index contributed by atoms with van der Waals surface area (Å²) >= 11 is 0. The Balaban J connectivity index is 1.89. The Morgan fingerprint density at radius 2 is 1.67 bits per heavy atom. The topological polar surface area (TPSA) is 81.4 Å². The fourth-order valence-electron chi connectivity index (χ4n) is 3.84. The van der Waals surface area contributed by atoms with Crippen molar-refractivity contribution in [3.8, 4) is 0 Å². The second-order valence-corrected chi connectivity index (χ2v) is 9.78. The first-order valence-corrected chi connectivity index (χ1v) is 12.2. The molecule has 1 aromatic carbocycles. The minimum Gasteiger partial charge on any atom is -0.344 e. The predicted molar refractivity (Wildman–Crippen MR) is 125 cm³/mol. The third kappa shape index (κ3) is 5.15. The van der Waals surface area contributed by atoms with E-state index in [1.54, 1.807) is 32.0 Å². The van der Waals surface area contributed by atoms with Crippen LogP contribution in [0.4, 0.5) is 4.39 Å². The molecule has 33 heavy (non-hydrogen) atoms. The maximum absolute atomic E-state index is 13.2. The van der Waals surface area contributed by atoms with E-state index in [0.717, 1.165) is 21.5 Å². The highest BCUT2D eigenvalue weighted by Gasteiger charge is 2.23. The van der Waals surface area contributed by atoms with Gasteiger partial charge in [-0.1, -0.05) is 26.0 Å². The molecule has 0 aliphatic carbocycles. The van der Waals surface area contributed by atoms with Gasteiger partial charge in [-0.3, -0.25) is 9.59 Å². The van der Waals surface area contributed by atoms with Gasteiger partial charge in [-0.25, -0.2) is 12.8 Å². The van der Waals surface area contributed by atoms with Crippen LogP contribution in [0.2, 0.25) is 0 Å². The van der Waals surface area contributed by atoms with Gasteiger partial charge in [-0.05, 0) is 43.7 Å². The van der Waals surface area contributed by atoms with E-state index < -0.39 is 15.6 Å². The lowest BCUT2D eigenvalue weighted by atomic mass is 10.1. The number of ketones is 1. The van der Waals surface area contributed by atoms with Gasteiger partial charge in [0.15, 0.2) is 5.78 Å². The molecular weight excluding hydrogens is 445 g/mol. The zero-order valence-corrected chi connectivity index (χ0v) is 20.0. The van der Waals surface area contributed by atoms with E-state index in [1.807, 2.05) is 18.4 Å². The molecule has 0 fully saturated rings. The lowest BCUT2D eigenvalue weighted by Crippen LogP contribution is -2.32. The van der Waals surface area contributed by atoms with Gasteiger partial charge in [-0.2, -0.15) is 4.31 Å². The van der Waals surface area contributed by atoms with Crippen LogP contribution in [-0.4, -0.2) is 40.7 Å². The molecule has 7 nitrogen and oxygen atoms in total. The molecule has 0 unspecified atom stereocenters. The summed E-state index contributed by atoms with van der Waals surface area (Å²) in [5.74, 6) is -0.612. The molecule has 9 heteroatoms. The molecule has 3 rings (SSSR count). The zero-order chi connectivity index (χ0) is 24.3. The highest BCUT2D eigenvalue weighted by Crippen LogP contribution is 2.19.